The van der Waals surface area contributed by atoms with Gasteiger partial charge in [0.15, 0.2) is 11.6 Å². The molecule has 4 nitrogen and oxygen atoms in total. The molecule has 0 aromatic heterocycles. The molecule has 1 aromatic rings. The van der Waals surface area contributed by atoms with Crippen LogP contribution in [0.5, 0.6) is 0 Å². The smallest absolute Gasteiger partial charge is 0.275 e. The maximum atomic E-state index is 12.9. The second-order valence-corrected chi connectivity index (χ2v) is 3.35. The van der Waals surface area contributed by atoms with Crippen LogP contribution in [0.3, 0.4) is 0 Å². The van der Waals surface area contributed by atoms with Crippen LogP contribution >= 0.6 is 0 Å². The van der Waals surface area contributed by atoms with Gasteiger partial charge in [-0.05, 0) is 19.4 Å². The number of hydrogen-bond acceptors (Lipinski definition) is 3. The first-order valence-electron chi connectivity index (χ1n) is 4.53. The lowest BCUT2D eigenvalue weighted by atomic mass is 10.1. The second-order valence-electron chi connectivity index (χ2n) is 3.35. The predicted molar refractivity (Wildman–Crippen MR) is 52.0 cm³/mol. The van der Waals surface area contributed by atoms with Crippen molar-refractivity contribution in [1.29, 1.82) is 0 Å². The molecule has 0 bridgehead atoms. The van der Waals surface area contributed by atoms with Crippen LogP contribution in [0.4, 0.5) is 14.5 Å². The monoisotopic (exact) mass is 229 g/mol. The number of rotatable bonds is 4. The molecule has 1 rings (SSSR count). The molecule has 0 N–H and O–H groups in total. The molecular weight excluding hydrogens is 220 g/mol. The lowest BCUT2D eigenvalue weighted by Gasteiger charge is -2.02. The molecule has 0 radical (unpaired) electrons. The van der Waals surface area contributed by atoms with E-state index in [0.717, 1.165) is 6.07 Å². The third kappa shape index (κ3) is 2.82. The Morgan fingerprint density at radius 2 is 1.94 bits per heavy atom. The first kappa shape index (κ1) is 12.2. The molecule has 0 amide bonds. The summed E-state index contributed by atoms with van der Waals surface area (Å²) in [6, 6.07) is 1.29. The Morgan fingerprint density at radius 1 is 1.38 bits per heavy atom. The standard InChI is InChI=1S/C10H9F2NO3/c1-6(14)2-3-7-4-8(11)9(12)5-10(7)13(15)16/h4-5H,2-3H2,1H3. The molecule has 0 spiro atoms. The van der Waals surface area contributed by atoms with Crippen LogP contribution in [0.1, 0.15) is 18.9 Å². The Labute approximate surface area is 90.0 Å². The SMILES string of the molecule is CC(=O)CCc1cc(F)c(F)cc1[N+](=O)[O-]. The van der Waals surface area contributed by atoms with E-state index in [2.05, 4.69) is 0 Å². The van der Waals surface area contributed by atoms with Crippen LogP contribution in [0, 0.1) is 21.7 Å². The molecular formula is C10H9F2NO3. The number of carbonyl (C=O) groups is 1. The number of Topliss-reactive ketones (excluding diaryl/α,β-unsaturated/α-hetero) is 1. The zero-order valence-corrected chi connectivity index (χ0v) is 8.50. The van der Waals surface area contributed by atoms with Gasteiger partial charge in [-0.15, -0.1) is 0 Å². The molecule has 16 heavy (non-hydrogen) atoms. The van der Waals surface area contributed by atoms with Gasteiger partial charge < -0.3 is 4.79 Å². The fourth-order valence-electron chi connectivity index (χ4n) is 1.26. The summed E-state index contributed by atoms with van der Waals surface area (Å²) in [6.45, 7) is 1.33. The highest BCUT2D eigenvalue weighted by atomic mass is 19.2. The van der Waals surface area contributed by atoms with E-state index in [0.29, 0.717) is 6.07 Å². The van der Waals surface area contributed by atoms with Gasteiger partial charge in [-0.2, -0.15) is 0 Å². The number of carbonyl (C=O) groups excluding carboxylic acids is 1. The highest BCUT2D eigenvalue weighted by molar-refractivity contribution is 5.75. The minimum atomic E-state index is -1.27. The van der Waals surface area contributed by atoms with Crippen molar-refractivity contribution >= 4 is 11.5 Å². The second kappa shape index (κ2) is 4.78. The summed E-state index contributed by atoms with van der Waals surface area (Å²) in [7, 11) is 0. The lowest BCUT2D eigenvalue weighted by molar-refractivity contribution is -0.385. The first-order chi connectivity index (χ1) is 7.41. The summed E-state index contributed by atoms with van der Waals surface area (Å²) < 4.78 is 25.6. The maximum absolute atomic E-state index is 12.9. The van der Waals surface area contributed by atoms with E-state index >= 15 is 0 Å². The highest BCUT2D eigenvalue weighted by Crippen LogP contribution is 2.23. The summed E-state index contributed by atoms with van der Waals surface area (Å²) >= 11 is 0. The van der Waals surface area contributed by atoms with Crippen molar-refractivity contribution < 1.29 is 18.5 Å². The molecule has 0 saturated carbocycles. The van der Waals surface area contributed by atoms with E-state index in [9.17, 15) is 23.7 Å². The van der Waals surface area contributed by atoms with Crippen LogP contribution in [-0.2, 0) is 11.2 Å². The largest absolute Gasteiger partial charge is 0.300 e. The van der Waals surface area contributed by atoms with Gasteiger partial charge in [0.2, 0.25) is 0 Å². The molecule has 0 aliphatic heterocycles. The summed E-state index contributed by atoms with van der Waals surface area (Å²) in [4.78, 5) is 20.5. The molecule has 0 aliphatic carbocycles. The molecule has 0 aliphatic rings. The molecule has 6 heteroatoms. The van der Waals surface area contributed by atoms with Gasteiger partial charge in [-0.3, -0.25) is 10.1 Å². The number of benzene rings is 1. The number of nitro benzene ring substituents is 1. The number of nitrogens with zero attached hydrogens (tertiary/aromatic N) is 1. The number of nitro groups is 1. The highest BCUT2D eigenvalue weighted by Gasteiger charge is 2.18. The minimum Gasteiger partial charge on any atom is -0.300 e. The quantitative estimate of drug-likeness (QED) is 0.588. The molecule has 86 valence electrons. The minimum absolute atomic E-state index is 0.0269. The van der Waals surface area contributed by atoms with E-state index < -0.39 is 22.2 Å². The first-order valence-corrected chi connectivity index (χ1v) is 4.53. The van der Waals surface area contributed by atoms with Crippen LogP contribution in [0.15, 0.2) is 12.1 Å². The topological polar surface area (TPSA) is 60.2 Å². The molecule has 0 unspecified atom stereocenters. The Hall–Kier alpha value is -1.85. The summed E-state index contributed by atoms with van der Waals surface area (Å²) in [5.74, 6) is -2.58. The third-order valence-corrected chi connectivity index (χ3v) is 2.06. The third-order valence-electron chi connectivity index (χ3n) is 2.06. The molecule has 0 atom stereocenters. The van der Waals surface area contributed by atoms with Crippen molar-refractivity contribution in [3.8, 4) is 0 Å². The van der Waals surface area contributed by atoms with Gasteiger partial charge in [0.1, 0.15) is 5.78 Å². The van der Waals surface area contributed by atoms with Crippen LogP contribution in [0.25, 0.3) is 0 Å². The summed E-state index contributed by atoms with van der Waals surface area (Å²) in [5, 5.41) is 10.6. The normalized spacial score (nSPS) is 10.2. The van der Waals surface area contributed by atoms with Gasteiger partial charge in [-0.25, -0.2) is 8.78 Å². The predicted octanol–water partition coefficient (Wildman–Crippen LogP) is 2.39. The van der Waals surface area contributed by atoms with Crippen molar-refractivity contribution in [3.05, 3.63) is 39.4 Å². The average molecular weight is 229 g/mol. The van der Waals surface area contributed by atoms with E-state index in [1.54, 1.807) is 0 Å². The Bertz CT molecular complexity index is 446. The lowest BCUT2D eigenvalue weighted by Crippen LogP contribution is -2.01. The summed E-state index contributed by atoms with van der Waals surface area (Å²) in [6.07, 6.45) is 0.0920. The van der Waals surface area contributed by atoms with Gasteiger partial charge in [0, 0.05) is 12.0 Å². The number of hydrogen-bond donors (Lipinski definition) is 0. The zero-order valence-electron chi connectivity index (χ0n) is 8.50. The van der Waals surface area contributed by atoms with E-state index in [-0.39, 0.29) is 24.2 Å². The van der Waals surface area contributed by atoms with E-state index in [1.807, 2.05) is 0 Å². The van der Waals surface area contributed by atoms with Gasteiger partial charge in [0.05, 0.1) is 11.0 Å². The Morgan fingerprint density at radius 3 is 2.44 bits per heavy atom. The fourth-order valence-corrected chi connectivity index (χ4v) is 1.26. The number of halogens is 2. The average Bonchev–Trinajstić information content (AvgIpc) is 2.18. The van der Waals surface area contributed by atoms with Crippen molar-refractivity contribution in [2.24, 2.45) is 0 Å². The van der Waals surface area contributed by atoms with Crippen molar-refractivity contribution in [2.45, 2.75) is 19.8 Å². The van der Waals surface area contributed by atoms with Gasteiger partial charge >= 0.3 is 0 Å². The maximum Gasteiger partial charge on any atom is 0.275 e. The fraction of sp³-hybridized carbons (Fsp3) is 0.300. The van der Waals surface area contributed by atoms with E-state index in [1.165, 1.54) is 6.92 Å². The van der Waals surface area contributed by atoms with Gasteiger partial charge in [0.25, 0.3) is 5.69 Å². The van der Waals surface area contributed by atoms with Gasteiger partial charge in [-0.1, -0.05) is 0 Å². The molecule has 0 saturated heterocycles. The Kier molecular flexibility index (Phi) is 3.65. The van der Waals surface area contributed by atoms with Crippen LogP contribution < -0.4 is 0 Å². The van der Waals surface area contributed by atoms with Crippen LogP contribution in [-0.4, -0.2) is 10.7 Å². The zero-order chi connectivity index (χ0) is 12.3. The Balaban J connectivity index is 3.09. The number of aryl methyl sites for hydroxylation is 1. The molecule has 0 heterocycles. The van der Waals surface area contributed by atoms with Crippen LogP contribution in [0.2, 0.25) is 0 Å². The number of ketones is 1. The summed E-state index contributed by atoms with van der Waals surface area (Å²) in [5.41, 5.74) is -0.473. The van der Waals surface area contributed by atoms with Crippen molar-refractivity contribution in [2.75, 3.05) is 0 Å². The van der Waals surface area contributed by atoms with Crippen molar-refractivity contribution in [3.63, 3.8) is 0 Å². The van der Waals surface area contributed by atoms with E-state index in [4.69, 9.17) is 0 Å². The molecule has 0 fully saturated rings. The van der Waals surface area contributed by atoms with Crippen molar-refractivity contribution in [1.82, 2.24) is 0 Å². The molecule has 1 aromatic carbocycles.